The molecule has 0 aliphatic heterocycles. The first-order valence-electron chi connectivity index (χ1n) is 5.60. The topological polar surface area (TPSA) is 76.2 Å². The van der Waals surface area contributed by atoms with Crippen molar-refractivity contribution in [1.82, 2.24) is 4.98 Å². The van der Waals surface area contributed by atoms with E-state index in [1.165, 1.54) is 0 Å². The van der Waals surface area contributed by atoms with Crippen LogP contribution in [0.25, 0.3) is 11.3 Å². The fourth-order valence-electron chi connectivity index (χ4n) is 1.75. The van der Waals surface area contributed by atoms with Gasteiger partial charge < -0.3 is 10.8 Å². The number of terminal acetylenes is 1. The van der Waals surface area contributed by atoms with E-state index in [4.69, 9.17) is 12.2 Å². The van der Waals surface area contributed by atoms with Gasteiger partial charge in [0, 0.05) is 11.1 Å². The molecule has 0 radical (unpaired) electrons. The number of benzene rings is 1. The number of aryl methyl sites for hydroxylation is 1. The summed E-state index contributed by atoms with van der Waals surface area (Å²) in [6.45, 7) is 1.68. The third-order valence-electron chi connectivity index (χ3n) is 2.74. The Hall–Kier alpha value is -2.80. The van der Waals surface area contributed by atoms with Gasteiger partial charge in [-0.2, -0.15) is 0 Å². The fraction of sp³-hybridized carbons (Fsp3) is 0.0667. The highest BCUT2D eigenvalue weighted by Gasteiger charge is 2.14. The number of primary amides is 1. The molecule has 0 bridgehead atoms. The lowest BCUT2D eigenvalue weighted by Crippen LogP contribution is -2.14. The van der Waals surface area contributed by atoms with E-state index in [0.29, 0.717) is 16.8 Å². The number of aromatic hydroxyl groups is 1. The molecule has 2 aromatic rings. The van der Waals surface area contributed by atoms with Crippen molar-refractivity contribution in [1.29, 1.82) is 0 Å². The minimum Gasteiger partial charge on any atom is -0.505 e. The second kappa shape index (κ2) is 4.83. The maximum absolute atomic E-state index is 11.2. The SMILES string of the molecule is C#Cc1cccc(-c2cc(C)c(O)c(C(N)=O)n2)c1. The van der Waals surface area contributed by atoms with Gasteiger partial charge >= 0.3 is 0 Å². The van der Waals surface area contributed by atoms with Crippen LogP contribution in [0.15, 0.2) is 30.3 Å². The molecule has 0 spiro atoms. The summed E-state index contributed by atoms with van der Waals surface area (Å²) in [5.74, 6) is 1.57. The van der Waals surface area contributed by atoms with Gasteiger partial charge in [-0.05, 0) is 30.7 Å². The van der Waals surface area contributed by atoms with Crippen LogP contribution in [0.3, 0.4) is 0 Å². The lowest BCUT2D eigenvalue weighted by molar-refractivity contribution is 0.0992. The first-order chi connectivity index (χ1) is 9.02. The number of nitrogens with two attached hydrogens (primary N) is 1. The molecule has 0 atom stereocenters. The van der Waals surface area contributed by atoms with Crippen molar-refractivity contribution in [2.75, 3.05) is 0 Å². The Labute approximate surface area is 110 Å². The molecule has 0 unspecified atom stereocenters. The Bertz CT molecular complexity index is 700. The number of pyridine rings is 1. The van der Waals surface area contributed by atoms with Crippen LogP contribution in [-0.4, -0.2) is 16.0 Å². The van der Waals surface area contributed by atoms with Gasteiger partial charge in [-0.15, -0.1) is 6.42 Å². The standard InChI is InChI=1S/C15H12N2O2/c1-3-10-5-4-6-11(8-10)12-7-9(2)14(18)13(17-12)15(16)19/h1,4-8,18H,2H3,(H2,16,19). The van der Waals surface area contributed by atoms with Crippen LogP contribution < -0.4 is 5.73 Å². The van der Waals surface area contributed by atoms with Gasteiger partial charge in [0.1, 0.15) is 5.75 Å². The van der Waals surface area contributed by atoms with E-state index in [2.05, 4.69) is 10.9 Å². The first kappa shape index (κ1) is 12.7. The Kier molecular flexibility index (Phi) is 3.21. The average Bonchev–Trinajstić information content (AvgIpc) is 2.41. The molecule has 4 heteroatoms. The number of aromatic nitrogens is 1. The molecule has 3 N–H and O–H groups in total. The summed E-state index contributed by atoms with van der Waals surface area (Å²) in [4.78, 5) is 15.3. The quantitative estimate of drug-likeness (QED) is 0.801. The number of carbonyl (C=O) groups excluding carboxylic acids is 1. The Morgan fingerprint density at radius 3 is 2.79 bits per heavy atom. The molecule has 2 rings (SSSR count). The van der Waals surface area contributed by atoms with Crippen molar-refractivity contribution in [3.8, 4) is 29.4 Å². The number of hydrogen-bond donors (Lipinski definition) is 2. The monoisotopic (exact) mass is 252 g/mol. The number of nitrogens with zero attached hydrogens (tertiary/aromatic N) is 1. The van der Waals surface area contributed by atoms with Crippen LogP contribution in [0, 0.1) is 19.3 Å². The van der Waals surface area contributed by atoms with E-state index in [9.17, 15) is 9.90 Å². The fourth-order valence-corrected chi connectivity index (χ4v) is 1.75. The van der Waals surface area contributed by atoms with Crippen molar-refractivity contribution in [2.24, 2.45) is 5.73 Å². The van der Waals surface area contributed by atoms with Crippen molar-refractivity contribution in [3.05, 3.63) is 47.2 Å². The van der Waals surface area contributed by atoms with Gasteiger partial charge in [0.05, 0.1) is 5.69 Å². The highest BCUT2D eigenvalue weighted by molar-refractivity contribution is 5.94. The molecule has 0 aliphatic carbocycles. The van der Waals surface area contributed by atoms with Gasteiger partial charge in [0.15, 0.2) is 5.69 Å². The Morgan fingerprint density at radius 2 is 2.16 bits per heavy atom. The minimum absolute atomic E-state index is 0.138. The van der Waals surface area contributed by atoms with Crippen LogP contribution in [-0.2, 0) is 0 Å². The highest BCUT2D eigenvalue weighted by Crippen LogP contribution is 2.26. The van der Waals surface area contributed by atoms with Crippen molar-refractivity contribution in [2.45, 2.75) is 6.92 Å². The highest BCUT2D eigenvalue weighted by atomic mass is 16.3. The molecule has 4 nitrogen and oxygen atoms in total. The predicted octanol–water partition coefficient (Wildman–Crippen LogP) is 1.84. The molecular formula is C15H12N2O2. The lowest BCUT2D eigenvalue weighted by Gasteiger charge is -2.08. The third-order valence-corrected chi connectivity index (χ3v) is 2.74. The number of hydrogen-bond acceptors (Lipinski definition) is 3. The zero-order valence-electron chi connectivity index (χ0n) is 10.3. The van der Waals surface area contributed by atoms with Crippen LogP contribution in [0.2, 0.25) is 0 Å². The summed E-state index contributed by atoms with van der Waals surface area (Å²) < 4.78 is 0. The molecule has 1 heterocycles. The van der Waals surface area contributed by atoms with Crippen LogP contribution >= 0.6 is 0 Å². The second-order valence-corrected chi connectivity index (χ2v) is 4.11. The normalized spacial score (nSPS) is 9.89. The van der Waals surface area contributed by atoms with E-state index in [1.807, 2.05) is 6.07 Å². The summed E-state index contributed by atoms with van der Waals surface area (Å²) >= 11 is 0. The maximum Gasteiger partial charge on any atom is 0.271 e. The lowest BCUT2D eigenvalue weighted by atomic mass is 10.1. The van der Waals surface area contributed by atoms with Crippen LogP contribution in [0.1, 0.15) is 21.6 Å². The van der Waals surface area contributed by atoms with E-state index >= 15 is 0 Å². The molecule has 94 valence electrons. The summed E-state index contributed by atoms with van der Waals surface area (Å²) in [5.41, 5.74) is 7.61. The van der Waals surface area contributed by atoms with Crippen LogP contribution in [0.5, 0.6) is 5.75 Å². The van der Waals surface area contributed by atoms with Gasteiger partial charge in [0.25, 0.3) is 5.91 Å². The van der Waals surface area contributed by atoms with E-state index in [-0.39, 0.29) is 11.4 Å². The number of amides is 1. The molecule has 0 aliphatic rings. The smallest absolute Gasteiger partial charge is 0.271 e. The summed E-state index contributed by atoms with van der Waals surface area (Å²) in [6.07, 6.45) is 5.34. The summed E-state index contributed by atoms with van der Waals surface area (Å²) in [6, 6.07) is 8.88. The second-order valence-electron chi connectivity index (χ2n) is 4.11. The molecule has 0 saturated carbocycles. The van der Waals surface area contributed by atoms with Gasteiger partial charge in [-0.1, -0.05) is 18.1 Å². The van der Waals surface area contributed by atoms with Crippen LogP contribution in [0.4, 0.5) is 0 Å². The molecule has 19 heavy (non-hydrogen) atoms. The Balaban J connectivity index is 2.63. The van der Waals surface area contributed by atoms with Gasteiger partial charge in [-0.3, -0.25) is 4.79 Å². The van der Waals surface area contributed by atoms with E-state index < -0.39 is 5.91 Å². The average molecular weight is 252 g/mol. The zero-order valence-corrected chi connectivity index (χ0v) is 10.3. The first-order valence-corrected chi connectivity index (χ1v) is 5.60. The third kappa shape index (κ3) is 2.40. The van der Waals surface area contributed by atoms with Crippen molar-refractivity contribution < 1.29 is 9.90 Å². The summed E-state index contributed by atoms with van der Waals surface area (Å²) in [7, 11) is 0. The minimum atomic E-state index is -0.768. The molecule has 1 amide bonds. The zero-order chi connectivity index (χ0) is 14.0. The molecule has 1 aromatic carbocycles. The number of rotatable bonds is 2. The number of carbonyl (C=O) groups is 1. The molecular weight excluding hydrogens is 240 g/mol. The van der Waals surface area contributed by atoms with Crippen molar-refractivity contribution >= 4 is 5.91 Å². The molecule has 0 fully saturated rings. The largest absolute Gasteiger partial charge is 0.505 e. The Morgan fingerprint density at radius 1 is 1.42 bits per heavy atom. The van der Waals surface area contributed by atoms with E-state index in [1.54, 1.807) is 31.2 Å². The molecule has 0 saturated heterocycles. The predicted molar refractivity (Wildman–Crippen MR) is 72.5 cm³/mol. The summed E-state index contributed by atoms with van der Waals surface area (Å²) in [5, 5.41) is 9.74. The van der Waals surface area contributed by atoms with E-state index in [0.717, 1.165) is 5.56 Å². The molecule has 1 aromatic heterocycles. The maximum atomic E-state index is 11.2. The van der Waals surface area contributed by atoms with Crippen molar-refractivity contribution in [3.63, 3.8) is 0 Å². The van der Waals surface area contributed by atoms with Gasteiger partial charge in [0.2, 0.25) is 0 Å². The van der Waals surface area contributed by atoms with Gasteiger partial charge in [-0.25, -0.2) is 4.98 Å².